The molecule has 0 bridgehead atoms. The van der Waals surface area contributed by atoms with E-state index in [0.717, 1.165) is 42.3 Å². The highest BCUT2D eigenvalue weighted by Gasteiger charge is 2.32. The number of hydrogen-bond donors (Lipinski definition) is 1. The lowest BCUT2D eigenvalue weighted by atomic mass is 10.0. The molecule has 35 heavy (non-hydrogen) atoms. The molecule has 0 aliphatic carbocycles. The van der Waals surface area contributed by atoms with Crippen LogP contribution in [-0.4, -0.2) is 50.8 Å². The van der Waals surface area contributed by atoms with Crippen LogP contribution in [0.1, 0.15) is 16.5 Å². The van der Waals surface area contributed by atoms with Gasteiger partial charge in [0.2, 0.25) is 16.7 Å². The highest BCUT2D eigenvalue weighted by atomic mass is 35.5. The standard InChI is InChI=1S/C25H21ClFN5O2S/c26-17-5-3-16(4-6-17)21(31-13-11-30(12-14-31)19-9-7-18(27)8-10-19)22-24(33)32-25(35-22)28-23(29-32)20-2-1-15-34-20/h1-10,15,21,33H,11-14H2/t21-/m0/s1. The predicted octanol–water partition coefficient (Wildman–Crippen LogP) is 5.46. The number of furan rings is 1. The largest absolute Gasteiger partial charge is 0.492 e. The van der Waals surface area contributed by atoms with E-state index in [4.69, 9.17) is 16.0 Å². The van der Waals surface area contributed by atoms with Gasteiger partial charge in [-0.3, -0.25) is 4.90 Å². The first-order valence-electron chi connectivity index (χ1n) is 11.2. The Labute approximate surface area is 209 Å². The van der Waals surface area contributed by atoms with E-state index in [2.05, 4.69) is 19.9 Å². The topological polar surface area (TPSA) is 70.0 Å². The van der Waals surface area contributed by atoms with E-state index in [0.29, 0.717) is 21.6 Å². The second-order valence-electron chi connectivity index (χ2n) is 8.35. The second kappa shape index (κ2) is 8.99. The van der Waals surface area contributed by atoms with Crippen molar-refractivity contribution in [2.24, 2.45) is 0 Å². The quantitative estimate of drug-likeness (QED) is 0.339. The SMILES string of the molecule is Oc1c([C@H](c2ccc(Cl)cc2)N2CCN(c3ccc(F)cc3)CC2)sc2nc(-c3ccco3)nn12. The maximum atomic E-state index is 13.4. The van der Waals surface area contributed by atoms with Crippen LogP contribution < -0.4 is 4.90 Å². The molecule has 1 aliphatic heterocycles. The molecule has 0 spiro atoms. The summed E-state index contributed by atoms with van der Waals surface area (Å²) in [5.74, 6) is 0.806. The van der Waals surface area contributed by atoms with Crippen LogP contribution in [0.15, 0.2) is 71.3 Å². The van der Waals surface area contributed by atoms with Crippen LogP contribution in [0.5, 0.6) is 5.88 Å². The van der Waals surface area contributed by atoms with Gasteiger partial charge in [0.15, 0.2) is 5.76 Å². The van der Waals surface area contributed by atoms with Crippen LogP contribution in [-0.2, 0) is 0 Å². The van der Waals surface area contributed by atoms with Crippen LogP contribution >= 0.6 is 22.9 Å². The Hall–Kier alpha value is -3.40. The zero-order valence-electron chi connectivity index (χ0n) is 18.5. The Kier molecular flexibility index (Phi) is 5.68. The molecule has 0 radical (unpaired) electrons. The van der Waals surface area contributed by atoms with Crippen molar-refractivity contribution in [1.29, 1.82) is 0 Å². The molecular weight excluding hydrogens is 489 g/mol. The number of hydrogen-bond acceptors (Lipinski definition) is 7. The first kappa shape index (κ1) is 22.1. The average molecular weight is 510 g/mol. The molecule has 1 N–H and O–H groups in total. The molecule has 2 aromatic carbocycles. The summed E-state index contributed by atoms with van der Waals surface area (Å²) in [4.78, 5) is 10.5. The Morgan fingerprint density at radius 3 is 2.40 bits per heavy atom. The van der Waals surface area contributed by atoms with Gasteiger partial charge < -0.3 is 14.4 Å². The smallest absolute Gasteiger partial charge is 0.230 e. The van der Waals surface area contributed by atoms with E-state index in [9.17, 15) is 9.50 Å². The summed E-state index contributed by atoms with van der Waals surface area (Å²) in [7, 11) is 0. The lowest BCUT2D eigenvalue weighted by Gasteiger charge is -2.40. The summed E-state index contributed by atoms with van der Waals surface area (Å²) < 4.78 is 20.2. The normalized spacial score (nSPS) is 15.7. The minimum Gasteiger partial charge on any atom is -0.492 e. The monoisotopic (exact) mass is 509 g/mol. The van der Waals surface area contributed by atoms with Crippen molar-refractivity contribution in [3.05, 3.63) is 88.2 Å². The van der Waals surface area contributed by atoms with Gasteiger partial charge in [-0.25, -0.2) is 4.39 Å². The molecule has 1 aliphatic rings. The number of nitrogens with zero attached hydrogens (tertiary/aromatic N) is 5. The first-order valence-corrected chi connectivity index (χ1v) is 12.4. The third kappa shape index (κ3) is 4.16. The first-order chi connectivity index (χ1) is 17.1. The summed E-state index contributed by atoms with van der Waals surface area (Å²) in [6.45, 7) is 3.07. The summed E-state index contributed by atoms with van der Waals surface area (Å²) in [6.07, 6.45) is 1.57. The minimum absolute atomic E-state index is 0.0659. The molecule has 5 aromatic rings. The number of aromatic hydroxyl groups is 1. The fourth-order valence-electron chi connectivity index (χ4n) is 4.50. The fraction of sp³-hybridized carbons (Fsp3) is 0.200. The van der Waals surface area contributed by atoms with Crippen LogP contribution in [0.3, 0.4) is 0 Å². The Balaban J connectivity index is 1.33. The number of halogens is 2. The van der Waals surface area contributed by atoms with Crippen molar-refractivity contribution in [2.75, 3.05) is 31.1 Å². The van der Waals surface area contributed by atoms with E-state index >= 15 is 0 Å². The molecule has 1 saturated heterocycles. The Morgan fingerprint density at radius 1 is 1.00 bits per heavy atom. The van der Waals surface area contributed by atoms with E-state index in [1.54, 1.807) is 18.4 Å². The minimum atomic E-state index is -0.239. The number of thiazole rings is 1. The number of fused-ring (bicyclic) bond motifs is 1. The molecule has 1 fully saturated rings. The summed E-state index contributed by atoms with van der Waals surface area (Å²) in [5.41, 5.74) is 2.02. The van der Waals surface area contributed by atoms with E-state index in [-0.39, 0.29) is 17.7 Å². The van der Waals surface area contributed by atoms with Gasteiger partial charge >= 0.3 is 0 Å². The molecular formula is C25H21ClFN5O2S. The van der Waals surface area contributed by atoms with Crippen molar-refractivity contribution in [2.45, 2.75) is 6.04 Å². The van der Waals surface area contributed by atoms with Crippen molar-refractivity contribution >= 4 is 33.6 Å². The third-order valence-corrected chi connectivity index (χ3v) is 7.57. The van der Waals surface area contributed by atoms with Gasteiger partial charge in [-0.15, -0.1) is 5.10 Å². The van der Waals surface area contributed by atoms with Gasteiger partial charge in [0.05, 0.1) is 17.2 Å². The predicted molar refractivity (Wildman–Crippen MR) is 134 cm³/mol. The van der Waals surface area contributed by atoms with Crippen molar-refractivity contribution < 1.29 is 13.9 Å². The number of rotatable bonds is 5. The molecule has 6 rings (SSSR count). The van der Waals surface area contributed by atoms with E-state index in [1.807, 2.05) is 36.4 Å². The van der Waals surface area contributed by atoms with Gasteiger partial charge in [0.25, 0.3) is 0 Å². The van der Waals surface area contributed by atoms with Crippen LogP contribution in [0.4, 0.5) is 10.1 Å². The molecule has 0 saturated carbocycles. The highest BCUT2D eigenvalue weighted by Crippen LogP contribution is 2.41. The van der Waals surface area contributed by atoms with Crippen molar-refractivity contribution in [3.63, 3.8) is 0 Å². The van der Waals surface area contributed by atoms with Crippen LogP contribution in [0.25, 0.3) is 16.5 Å². The fourth-order valence-corrected chi connectivity index (χ4v) is 5.74. The molecule has 178 valence electrons. The second-order valence-corrected chi connectivity index (χ2v) is 9.80. The Bertz CT molecular complexity index is 1440. The van der Waals surface area contributed by atoms with E-state index < -0.39 is 0 Å². The van der Waals surface area contributed by atoms with Crippen LogP contribution in [0, 0.1) is 5.82 Å². The number of anilines is 1. The molecule has 10 heteroatoms. The number of piperazine rings is 1. The average Bonchev–Trinajstić information content (AvgIpc) is 3.61. The maximum Gasteiger partial charge on any atom is 0.230 e. The van der Waals surface area contributed by atoms with Crippen molar-refractivity contribution in [1.82, 2.24) is 19.5 Å². The molecule has 7 nitrogen and oxygen atoms in total. The third-order valence-electron chi connectivity index (χ3n) is 6.25. The van der Waals surface area contributed by atoms with Gasteiger partial charge in [0, 0.05) is 36.9 Å². The Morgan fingerprint density at radius 2 is 1.74 bits per heavy atom. The zero-order valence-corrected chi connectivity index (χ0v) is 20.1. The zero-order chi connectivity index (χ0) is 23.9. The van der Waals surface area contributed by atoms with E-state index in [1.165, 1.54) is 28.0 Å². The maximum absolute atomic E-state index is 13.4. The summed E-state index contributed by atoms with van der Waals surface area (Å²) in [6, 6.07) is 17.7. The van der Waals surface area contributed by atoms with Crippen molar-refractivity contribution in [3.8, 4) is 17.5 Å². The number of benzene rings is 2. The molecule has 3 aromatic heterocycles. The van der Waals surface area contributed by atoms with Gasteiger partial charge in [-0.05, 0) is 54.1 Å². The van der Waals surface area contributed by atoms with Gasteiger partial charge in [0.1, 0.15) is 5.82 Å². The lowest BCUT2D eigenvalue weighted by Crippen LogP contribution is -2.47. The van der Waals surface area contributed by atoms with Crippen LogP contribution in [0.2, 0.25) is 5.02 Å². The lowest BCUT2D eigenvalue weighted by molar-refractivity contribution is 0.211. The summed E-state index contributed by atoms with van der Waals surface area (Å²) in [5, 5.41) is 16.3. The van der Waals surface area contributed by atoms with Gasteiger partial charge in [-0.2, -0.15) is 9.50 Å². The molecule has 0 unspecified atom stereocenters. The number of aromatic nitrogens is 3. The summed E-state index contributed by atoms with van der Waals surface area (Å²) >= 11 is 7.57. The van der Waals surface area contributed by atoms with Gasteiger partial charge in [-0.1, -0.05) is 35.1 Å². The highest BCUT2D eigenvalue weighted by molar-refractivity contribution is 7.17. The molecule has 1 atom stereocenters. The molecule has 4 heterocycles. The molecule has 0 amide bonds.